The Morgan fingerprint density at radius 2 is 1.65 bits per heavy atom. The monoisotopic (exact) mass is 291 g/mol. The number of methoxy groups -OCH3 is 1. The maximum absolute atomic E-state index is 12.6. The SMILES string of the molecule is COc1ccc([C@H](CN)S(=O)(=O)c2ccccc2)cc1. The van der Waals surface area contributed by atoms with E-state index in [1.54, 1.807) is 61.7 Å². The van der Waals surface area contributed by atoms with E-state index in [0.717, 1.165) is 0 Å². The van der Waals surface area contributed by atoms with E-state index in [1.807, 2.05) is 0 Å². The van der Waals surface area contributed by atoms with Crippen LogP contribution in [0.2, 0.25) is 0 Å². The average molecular weight is 291 g/mol. The summed E-state index contributed by atoms with van der Waals surface area (Å²) in [6.07, 6.45) is 0. The molecule has 0 radical (unpaired) electrons. The summed E-state index contributed by atoms with van der Waals surface area (Å²) >= 11 is 0. The molecule has 2 aromatic carbocycles. The van der Waals surface area contributed by atoms with E-state index in [0.29, 0.717) is 11.3 Å². The number of rotatable bonds is 5. The third-order valence-corrected chi connectivity index (χ3v) is 5.29. The maximum atomic E-state index is 12.6. The zero-order valence-electron chi connectivity index (χ0n) is 11.2. The molecular formula is C15H17NO3S. The summed E-state index contributed by atoms with van der Waals surface area (Å²) in [5, 5.41) is -0.754. The number of sulfone groups is 1. The number of hydrogen-bond acceptors (Lipinski definition) is 4. The molecule has 20 heavy (non-hydrogen) atoms. The van der Waals surface area contributed by atoms with Gasteiger partial charge < -0.3 is 10.5 Å². The molecule has 0 amide bonds. The highest BCUT2D eigenvalue weighted by molar-refractivity contribution is 7.91. The van der Waals surface area contributed by atoms with Gasteiger partial charge in [-0.05, 0) is 29.8 Å². The van der Waals surface area contributed by atoms with Gasteiger partial charge in [-0.2, -0.15) is 0 Å². The van der Waals surface area contributed by atoms with Crippen LogP contribution in [0.1, 0.15) is 10.8 Å². The third-order valence-electron chi connectivity index (χ3n) is 3.15. The highest BCUT2D eigenvalue weighted by atomic mass is 32.2. The third kappa shape index (κ3) is 2.84. The highest BCUT2D eigenvalue weighted by Gasteiger charge is 2.27. The van der Waals surface area contributed by atoms with Crippen molar-refractivity contribution in [3.63, 3.8) is 0 Å². The van der Waals surface area contributed by atoms with E-state index < -0.39 is 15.1 Å². The van der Waals surface area contributed by atoms with Crippen LogP contribution >= 0.6 is 0 Å². The summed E-state index contributed by atoms with van der Waals surface area (Å²) in [4.78, 5) is 0.284. The lowest BCUT2D eigenvalue weighted by molar-refractivity contribution is 0.414. The molecule has 1 atom stereocenters. The Balaban J connectivity index is 2.41. The average Bonchev–Trinajstić information content (AvgIpc) is 2.49. The fourth-order valence-electron chi connectivity index (χ4n) is 2.03. The van der Waals surface area contributed by atoms with E-state index in [2.05, 4.69) is 0 Å². The standard InChI is InChI=1S/C15H17NO3S/c1-19-13-9-7-12(8-10-13)15(11-16)20(17,18)14-5-3-2-4-6-14/h2-10,15H,11,16H2,1H3/t15-/m0/s1. The number of ether oxygens (including phenoxy) is 1. The van der Waals surface area contributed by atoms with Gasteiger partial charge in [-0.15, -0.1) is 0 Å². The van der Waals surface area contributed by atoms with Crippen LogP contribution in [-0.4, -0.2) is 22.1 Å². The molecule has 0 spiro atoms. The summed E-state index contributed by atoms with van der Waals surface area (Å²) in [6.45, 7) is 0.0313. The van der Waals surface area contributed by atoms with Crippen molar-refractivity contribution in [2.75, 3.05) is 13.7 Å². The zero-order chi connectivity index (χ0) is 14.6. The molecule has 106 valence electrons. The molecule has 0 unspecified atom stereocenters. The summed E-state index contributed by atoms with van der Waals surface area (Å²) in [5.74, 6) is 0.682. The maximum Gasteiger partial charge on any atom is 0.186 e. The molecule has 4 nitrogen and oxygen atoms in total. The Morgan fingerprint density at radius 1 is 1.05 bits per heavy atom. The van der Waals surface area contributed by atoms with Crippen LogP contribution in [-0.2, 0) is 9.84 Å². The molecule has 0 aliphatic carbocycles. The minimum absolute atomic E-state index is 0.0313. The van der Waals surface area contributed by atoms with Crippen LogP contribution < -0.4 is 10.5 Å². The van der Waals surface area contributed by atoms with Crippen molar-refractivity contribution in [3.05, 3.63) is 60.2 Å². The minimum atomic E-state index is -3.49. The van der Waals surface area contributed by atoms with Gasteiger partial charge in [-0.3, -0.25) is 0 Å². The van der Waals surface area contributed by atoms with E-state index in [1.165, 1.54) is 0 Å². The molecule has 2 rings (SSSR count). The van der Waals surface area contributed by atoms with Crippen LogP contribution in [0.5, 0.6) is 5.75 Å². The predicted molar refractivity (Wildman–Crippen MR) is 78.4 cm³/mol. The molecular weight excluding hydrogens is 274 g/mol. The molecule has 0 fully saturated rings. The lowest BCUT2D eigenvalue weighted by Gasteiger charge is -2.16. The van der Waals surface area contributed by atoms with E-state index in [-0.39, 0.29) is 11.4 Å². The number of hydrogen-bond donors (Lipinski definition) is 1. The second-order valence-corrected chi connectivity index (χ2v) is 6.49. The van der Waals surface area contributed by atoms with Gasteiger partial charge in [-0.25, -0.2) is 8.42 Å². The highest BCUT2D eigenvalue weighted by Crippen LogP contribution is 2.29. The molecule has 0 heterocycles. The quantitative estimate of drug-likeness (QED) is 0.916. The molecule has 0 saturated heterocycles. The minimum Gasteiger partial charge on any atom is -0.497 e. The normalized spacial score (nSPS) is 12.9. The number of benzene rings is 2. The molecule has 0 aliphatic heterocycles. The van der Waals surface area contributed by atoms with Gasteiger partial charge in [0.1, 0.15) is 11.0 Å². The lowest BCUT2D eigenvalue weighted by Crippen LogP contribution is -2.22. The molecule has 0 bridgehead atoms. The van der Waals surface area contributed by atoms with Crippen LogP contribution in [0.15, 0.2) is 59.5 Å². The predicted octanol–water partition coefficient (Wildman–Crippen LogP) is 2.17. The second kappa shape index (κ2) is 6.07. The second-order valence-electron chi connectivity index (χ2n) is 4.36. The topological polar surface area (TPSA) is 69.4 Å². The van der Waals surface area contributed by atoms with Gasteiger partial charge in [0.2, 0.25) is 0 Å². The lowest BCUT2D eigenvalue weighted by atomic mass is 10.1. The van der Waals surface area contributed by atoms with Crippen molar-refractivity contribution >= 4 is 9.84 Å². The summed E-state index contributed by atoms with van der Waals surface area (Å²) in [7, 11) is -1.92. The fourth-order valence-corrected chi connectivity index (χ4v) is 3.67. The van der Waals surface area contributed by atoms with Crippen LogP contribution in [0.25, 0.3) is 0 Å². The Hall–Kier alpha value is -1.85. The molecule has 0 aromatic heterocycles. The first-order chi connectivity index (χ1) is 9.59. The Labute approximate surface area is 119 Å². The van der Waals surface area contributed by atoms with Gasteiger partial charge in [0.05, 0.1) is 12.0 Å². The first-order valence-electron chi connectivity index (χ1n) is 6.22. The summed E-state index contributed by atoms with van der Waals surface area (Å²) in [6, 6.07) is 15.3. The largest absolute Gasteiger partial charge is 0.497 e. The Kier molecular flexibility index (Phi) is 4.42. The Morgan fingerprint density at radius 3 is 2.15 bits per heavy atom. The van der Waals surface area contributed by atoms with Crippen molar-refractivity contribution in [3.8, 4) is 5.75 Å². The Bertz CT molecular complexity index is 651. The first-order valence-corrected chi connectivity index (χ1v) is 7.77. The molecule has 5 heteroatoms. The zero-order valence-corrected chi connectivity index (χ0v) is 12.0. The fraction of sp³-hybridized carbons (Fsp3) is 0.200. The van der Waals surface area contributed by atoms with E-state index >= 15 is 0 Å². The van der Waals surface area contributed by atoms with Crippen molar-refractivity contribution in [1.29, 1.82) is 0 Å². The molecule has 0 saturated carbocycles. The first kappa shape index (κ1) is 14.6. The molecule has 0 aliphatic rings. The van der Waals surface area contributed by atoms with Crippen molar-refractivity contribution in [2.24, 2.45) is 5.73 Å². The summed E-state index contributed by atoms with van der Waals surface area (Å²) in [5.41, 5.74) is 6.35. The van der Waals surface area contributed by atoms with Crippen LogP contribution in [0.4, 0.5) is 0 Å². The number of nitrogens with two attached hydrogens (primary N) is 1. The van der Waals surface area contributed by atoms with Crippen molar-refractivity contribution < 1.29 is 13.2 Å². The van der Waals surface area contributed by atoms with Crippen molar-refractivity contribution in [2.45, 2.75) is 10.1 Å². The summed E-state index contributed by atoms with van der Waals surface area (Å²) < 4.78 is 30.3. The van der Waals surface area contributed by atoms with Gasteiger partial charge in [0.15, 0.2) is 9.84 Å². The molecule has 2 N–H and O–H groups in total. The smallest absolute Gasteiger partial charge is 0.186 e. The van der Waals surface area contributed by atoms with Crippen LogP contribution in [0.3, 0.4) is 0 Å². The van der Waals surface area contributed by atoms with Crippen molar-refractivity contribution in [1.82, 2.24) is 0 Å². The van der Waals surface area contributed by atoms with Crippen LogP contribution in [0, 0.1) is 0 Å². The van der Waals surface area contributed by atoms with E-state index in [9.17, 15) is 8.42 Å². The van der Waals surface area contributed by atoms with Gasteiger partial charge >= 0.3 is 0 Å². The van der Waals surface area contributed by atoms with E-state index in [4.69, 9.17) is 10.5 Å². The van der Waals surface area contributed by atoms with Gasteiger partial charge in [0, 0.05) is 6.54 Å². The van der Waals surface area contributed by atoms with Gasteiger partial charge in [0.25, 0.3) is 0 Å². The molecule has 2 aromatic rings. The van der Waals surface area contributed by atoms with Gasteiger partial charge in [-0.1, -0.05) is 30.3 Å².